The molecule has 1 N–H and O–H groups in total. The van der Waals surface area contributed by atoms with Gasteiger partial charge < -0.3 is 5.43 Å². The second-order valence-corrected chi connectivity index (χ2v) is 2.80. The molecule has 0 unspecified atom stereocenters. The van der Waals surface area contributed by atoms with Gasteiger partial charge in [0.15, 0.2) is 11.0 Å². The summed E-state index contributed by atoms with van der Waals surface area (Å²) in [7, 11) is 3.71. The lowest BCUT2D eigenvalue weighted by Gasteiger charge is -2.09. The van der Waals surface area contributed by atoms with Gasteiger partial charge in [0.25, 0.3) is 0 Å². The highest BCUT2D eigenvalue weighted by molar-refractivity contribution is 6.99. The maximum atomic E-state index is 5.63. The fraction of sp³-hybridized carbons (Fsp3) is 0.500. The number of rotatable bonds is 2. The minimum Gasteiger partial charge on any atom is -0.300 e. The molecule has 1 aromatic rings. The van der Waals surface area contributed by atoms with Crippen LogP contribution in [-0.2, 0) is 0 Å². The van der Waals surface area contributed by atoms with Gasteiger partial charge in [-0.25, -0.2) is 5.01 Å². The zero-order valence-electron chi connectivity index (χ0n) is 5.63. The van der Waals surface area contributed by atoms with E-state index < -0.39 is 0 Å². The van der Waals surface area contributed by atoms with Crippen LogP contribution in [0, 0.1) is 0 Å². The molecule has 1 rings (SSSR count). The van der Waals surface area contributed by atoms with Gasteiger partial charge in [0.2, 0.25) is 0 Å². The van der Waals surface area contributed by atoms with Gasteiger partial charge in [-0.05, 0) is 0 Å². The van der Waals surface area contributed by atoms with Crippen LogP contribution in [0.3, 0.4) is 0 Å². The summed E-state index contributed by atoms with van der Waals surface area (Å²) in [6.07, 6.45) is 0. The Hall–Kier alpha value is -0.390. The van der Waals surface area contributed by atoms with Crippen LogP contribution in [0.4, 0.5) is 5.82 Å². The third kappa shape index (κ3) is 1.80. The topological polar surface area (TPSA) is 41.0 Å². The molecule has 10 heavy (non-hydrogen) atoms. The Morgan fingerprint density at radius 1 is 1.50 bits per heavy atom. The number of anilines is 1. The molecule has 6 heteroatoms. The molecule has 0 radical (unpaired) electrons. The van der Waals surface area contributed by atoms with Crippen molar-refractivity contribution >= 4 is 29.1 Å². The number of halogens is 1. The van der Waals surface area contributed by atoms with Gasteiger partial charge in [0, 0.05) is 14.1 Å². The van der Waals surface area contributed by atoms with E-state index in [4.69, 9.17) is 11.6 Å². The van der Waals surface area contributed by atoms with Gasteiger partial charge >= 0.3 is 0 Å². The van der Waals surface area contributed by atoms with Gasteiger partial charge in [-0.1, -0.05) is 11.6 Å². The first-order valence-corrected chi connectivity index (χ1v) is 3.73. The highest BCUT2D eigenvalue weighted by Gasteiger charge is 2.03. The molecular formula is C4H7ClN4S. The van der Waals surface area contributed by atoms with E-state index in [9.17, 15) is 0 Å². The summed E-state index contributed by atoms with van der Waals surface area (Å²) in [6, 6.07) is 0. The second kappa shape index (κ2) is 3.14. The SMILES string of the molecule is CN(C)Nc1nsnc1Cl. The number of hydrazine groups is 1. The average Bonchev–Trinajstić information content (AvgIpc) is 2.15. The van der Waals surface area contributed by atoms with E-state index in [0.717, 1.165) is 11.7 Å². The predicted molar refractivity (Wildman–Crippen MR) is 42.2 cm³/mol. The molecule has 0 bridgehead atoms. The monoisotopic (exact) mass is 178 g/mol. The zero-order valence-corrected chi connectivity index (χ0v) is 7.20. The molecule has 0 aliphatic heterocycles. The summed E-state index contributed by atoms with van der Waals surface area (Å²) in [6.45, 7) is 0. The van der Waals surface area contributed by atoms with E-state index in [1.165, 1.54) is 0 Å². The van der Waals surface area contributed by atoms with Crippen LogP contribution in [-0.4, -0.2) is 27.9 Å². The number of nitrogens with zero attached hydrogens (tertiary/aromatic N) is 3. The van der Waals surface area contributed by atoms with Crippen LogP contribution < -0.4 is 5.43 Å². The standard InChI is InChI=1S/C4H7ClN4S/c1-9(2)6-4-3(5)7-10-8-4/h1-2H3,(H,6,8). The molecule has 56 valence electrons. The van der Waals surface area contributed by atoms with E-state index in [1.807, 2.05) is 14.1 Å². The van der Waals surface area contributed by atoms with Crippen LogP contribution >= 0.6 is 23.3 Å². The van der Waals surface area contributed by atoms with Crippen molar-refractivity contribution in [2.45, 2.75) is 0 Å². The largest absolute Gasteiger partial charge is 0.300 e. The minimum atomic E-state index is 0.415. The van der Waals surface area contributed by atoms with Crippen LogP contribution in [0.25, 0.3) is 0 Å². The maximum Gasteiger partial charge on any atom is 0.193 e. The molecule has 0 atom stereocenters. The van der Waals surface area contributed by atoms with Crippen molar-refractivity contribution in [2.24, 2.45) is 0 Å². The second-order valence-electron chi connectivity index (χ2n) is 1.91. The van der Waals surface area contributed by atoms with Crippen molar-refractivity contribution in [1.29, 1.82) is 0 Å². The van der Waals surface area contributed by atoms with Crippen LogP contribution in [0.5, 0.6) is 0 Å². The van der Waals surface area contributed by atoms with Gasteiger partial charge in [0.05, 0.1) is 11.7 Å². The molecule has 0 saturated heterocycles. The molecule has 0 aliphatic carbocycles. The summed E-state index contributed by atoms with van der Waals surface area (Å²) in [5, 5.41) is 2.17. The zero-order chi connectivity index (χ0) is 7.56. The first-order valence-electron chi connectivity index (χ1n) is 2.62. The molecule has 0 amide bonds. The van der Waals surface area contributed by atoms with Gasteiger partial charge in [0.1, 0.15) is 0 Å². The Morgan fingerprint density at radius 3 is 2.60 bits per heavy atom. The van der Waals surface area contributed by atoms with Crippen molar-refractivity contribution in [3.05, 3.63) is 5.15 Å². The summed E-state index contributed by atoms with van der Waals surface area (Å²) in [5.74, 6) is 0.608. The Balaban J connectivity index is 2.65. The summed E-state index contributed by atoms with van der Waals surface area (Å²) in [4.78, 5) is 0. The maximum absolute atomic E-state index is 5.63. The molecular weight excluding hydrogens is 172 g/mol. The third-order valence-corrected chi connectivity index (χ3v) is 1.67. The Labute approximate surface area is 68.1 Å². The summed E-state index contributed by atoms with van der Waals surface area (Å²) < 4.78 is 7.68. The first-order chi connectivity index (χ1) is 4.70. The molecule has 0 aliphatic rings. The lowest BCUT2D eigenvalue weighted by molar-refractivity contribution is 0.493. The molecule has 0 aromatic carbocycles. The summed E-state index contributed by atoms with van der Waals surface area (Å²) >= 11 is 6.72. The fourth-order valence-electron chi connectivity index (χ4n) is 0.456. The highest BCUT2D eigenvalue weighted by Crippen LogP contribution is 2.17. The fourth-order valence-corrected chi connectivity index (χ4v) is 1.09. The summed E-state index contributed by atoms with van der Waals surface area (Å²) in [5.41, 5.74) is 2.89. The van der Waals surface area contributed by atoms with Crippen LogP contribution in [0.2, 0.25) is 5.15 Å². The number of hydrogen-bond donors (Lipinski definition) is 1. The highest BCUT2D eigenvalue weighted by atomic mass is 35.5. The van der Waals surface area contributed by atoms with E-state index in [1.54, 1.807) is 5.01 Å². The molecule has 1 aromatic heterocycles. The van der Waals surface area contributed by atoms with Crippen LogP contribution in [0.15, 0.2) is 0 Å². The van der Waals surface area contributed by atoms with E-state index in [-0.39, 0.29) is 0 Å². The van der Waals surface area contributed by atoms with Gasteiger partial charge in [-0.3, -0.25) is 0 Å². The number of hydrogen-bond acceptors (Lipinski definition) is 5. The van der Waals surface area contributed by atoms with Gasteiger partial charge in [-0.2, -0.15) is 8.75 Å². The van der Waals surface area contributed by atoms with E-state index in [0.29, 0.717) is 11.0 Å². The lowest BCUT2D eigenvalue weighted by atomic mass is 10.8. The first kappa shape index (κ1) is 7.71. The predicted octanol–water partition coefficient (Wildman–Crippen LogP) is 1.08. The van der Waals surface area contributed by atoms with E-state index in [2.05, 4.69) is 14.2 Å². The van der Waals surface area contributed by atoms with Crippen molar-refractivity contribution in [2.75, 3.05) is 19.5 Å². The molecule has 1 heterocycles. The average molecular weight is 179 g/mol. The molecule has 0 spiro atoms. The van der Waals surface area contributed by atoms with Crippen molar-refractivity contribution in [3.63, 3.8) is 0 Å². The molecule has 0 saturated carbocycles. The van der Waals surface area contributed by atoms with E-state index >= 15 is 0 Å². The van der Waals surface area contributed by atoms with Crippen molar-refractivity contribution < 1.29 is 0 Å². The smallest absolute Gasteiger partial charge is 0.193 e. The number of nitrogens with one attached hydrogen (secondary N) is 1. The Kier molecular flexibility index (Phi) is 2.42. The van der Waals surface area contributed by atoms with Crippen molar-refractivity contribution in [1.82, 2.24) is 13.8 Å². The Morgan fingerprint density at radius 2 is 2.20 bits per heavy atom. The third-order valence-electron chi connectivity index (χ3n) is 0.778. The quantitative estimate of drug-likeness (QED) is 0.689. The number of aromatic nitrogens is 2. The molecule has 0 fully saturated rings. The van der Waals surface area contributed by atoms with Crippen molar-refractivity contribution in [3.8, 4) is 0 Å². The minimum absolute atomic E-state index is 0.415. The lowest BCUT2D eigenvalue weighted by Crippen LogP contribution is -2.19. The van der Waals surface area contributed by atoms with Gasteiger partial charge in [-0.15, -0.1) is 0 Å². The normalized spacial score (nSPS) is 10.4. The Bertz CT molecular complexity index is 211. The molecule has 4 nitrogen and oxygen atoms in total. The van der Waals surface area contributed by atoms with Crippen LogP contribution in [0.1, 0.15) is 0 Å².